The lowest BCUT2D eigenvalue weighted by Crippen LogP contribution is -2.42. The van der Waals surface area contributed by atoms with Gasteiger partial charge in [-0.2, -0.15) is 13.2 Å². The van der Waals surface area contributed by atoms with Gasteiger partial charge in [-0.25, -0.2) is 4.39 Å². The van der Waals surface area contributed by atoms with Crippen molar-refractivity contribution in [2.45, 2.75) is 38.6 Å². The summed E-state index contributed by atoms with van der Waals surface area (Å²) in [5.74, 6) is -1.86. The van der Waals surface area contributed by atoms with E-state index < -0.39 is 17.9 Å². The van der Waals surface area contributed by atoms with Crippen LogP contribution in [-0.2, 0) is 37.2 Å². The van der Waals surface area contributed by atoms with E-state index in [9.17, 15) is 27.2 Å². The van der Waals surface area contributed by atoms with E-state index in [0.717, 1.165) is 27.8 Å². The molecule has 35 heavy (non-hydrogen) atoms. The fraction of sp³-hybridized carbons (Fsp3) is 0.320. The predicted octanol–water partition coefficient (Wildman–Crippen LogP) is 3.69. The Bertz CT molecular complexity index is 1260. The average Bonchev–Trinajstić information content (AvgIpc) is 3.04. The smallest absolute Gasteiger partial charge is 0.471 e. The second-order valence-corrected chi connectivity index (χ2v) is 8.29. The van der Waals surface area contributed by atoms with Crippen LogP contribution in [0.1, 0.15) is 22.4 Å². The summed E-state index contributed by atoms with van der Waals surface area (Å²) in [5, 5.41) is 0. The third-order valence-corrected chi connectivity index (χ3v) is 5.89. The Labute approximate surface area is 198 Å². The van der Waals surface area contributed by atoms with Crippen LogP contribution in [0.2, 0.25) is 0 Å². The van der Waals surface area contributed by atoms with E-state index in [4.69, 9.17) is 4.74 Å². The molecule has 0 saturated carbocycles. The highest BCUT2D eigenvalue weighted by Crippen LogP contribution is 2.23. The minimum Gasteiger partial charge on any atom is -0.487 e. The number of hydrogen-bond acceptors (Lipinski definition) is 4. The molecular formula is C25H23F4N3O3. The third kappa shape index (κ3) is 6.26. The number of rotatable bonds is 6. The van der Waals surface area contributed by atoms with Crippen LogP contribution in [0.15, 0.2) is 59.7 Å². The number of aromatic nitrogens is 2. The van der Waals surface area contributed by atoms with Gasteiger partial charge in [-0.3, -0.25) is 14.6 Å². The molecule has 184 valence electrons. The van der Waals surface area contributed by atoms with Crippen molar-refractivity contribution in [3.05, 3.63) is 93.4 Å². The van der Waals surface area contributed by atoms with Crippen LogP contribution in [0.4, 0.5) is 17.6 Å². The zero-order chi connectivity index (χ0) is 25.0. The van der Waals surface area contributed by atoms with Crippen molar-refractivity contribution in [3.8, 4) is 5.75 Å². The molecule has 0 unspecified atom stereocenters. The van der Waals surface area contributed by atoms with Crippen LogP contribution in [0.3, 0.4) is 0 Å². The normalized spacial score (nSPS) is 13.8. The molecule has 1 amide bonds. The zero-order valence-electron chi connectivity index (χ0n) is 18.7. The number of carbonyl (C=O) groups excluding carboxylic acids is 1. The molecule has 0 saturated heterocycles. The van der Waals surface area contributed by atoms with Crippen LogP contribution in [0, 0.1) is 5.82 Å². The van der Waals surface area contributed by atoms with Crippen molar-refractivity contribution in [3.63, 3.8) is 0 Å². The molecule has 3 heterocycles. The Morgan fingerprint density at radius 3 is 2.49 bits per heavy atom. The highest BCUT2D eigenvalue weighted by atomic mass is 19.4. The summed E-state index contributed by atoms with van der Waals surface area (Å²) in [6, 6.07) is 11.5. The zero-order valence-corrected chi connectivity index (χ0v) is 18.7. The lowest BCUT2D eigenvalue weighted by molar-refractivity contribution is -0.185. The van der Waals surface area contributed by atoms with Gasteiger partial charge in [0, 0.05) is 31.9 Å². The van der Waals surface area contributed by atoms with Crippen molar-refractivity contribution < 1.29 is 27.1 Å². The summed E-state index contributed by atoms with van der Waals surface area (Å²) >= 11 is 0. The molecule has 1 aliphatic heterocycles. The van der Waals surface area contributed by atoms with Crippen LogP contribution in [0.5, 0.6) is 5.75 Å². The average molecular weight is 489 g/mol. The number of benzene rings is 1. The number of nitrogens with zero attached hydrogens (tertiary/aromatic N) is 3. The summed E-state index contributed by atoms with van der Waals surface area (Å²) < 4.78 is 58.3. The number of amides is 1. The summed E-state index contributed by atoms with van der Waals surface area (Å²) in [4.78, 5) is 28.8. The molecule has 10 heteroatoms. The monoisotopic (exact) mass is 489 g/mol. The maximum Gasteiger partial charge on any atom is 0.471 e. The molecule has 2 aromatic heterocycles. The van der Waals surface area contributed by atoms with Gasteiger partial charge in [0.25, 0.3) is 5.56 Å². The highest BCUT2D eigenvalue weighted by molar-refractivity contribution is 5.82. The summed E-state index contributed by atoms with van der Waals surface area (Å²) in [6.45, 7) is 0.565. The minimum absolute atomic E-state index is 0.0170. The van der Waals surface area contributed by atoms with Gasteiger partial charge in [0.1, 0.15) is 18.2 Å². The van der Waals surface area contributed by atoms with Crippen molar-refractivity contribution in [1.82, 2.24) is 14.5 Å². The van der Waals surface area contributed by atoms with Gasteiger partial charge >= 0.3 is 12.1 Å². The molecule has 1 aromatic carbocycles. The lowest BCUT2D eigenvalue weighted by atomic mass is 9.99. The van der Waals surface area contributed by atoms with Gasteiger partial charge in [0.2, 0.25) is 0 Å². The molecule has 0 radical (unpaired) electrons. The number of fused-ring (bicyclic) bond motifs is 1. The summed E-state index contributed by atoms with van der Waals surface area (Å²) in [6.07, 6.45) is -0.881. The standard InChI is InChI=1S/C25H23F4N3O3/c26-20-3-4-21(30-15-20)16-35-22-8-12-31(23(33)14-22)9-5-17-1-2-18-6-10-32(11-7-19(18)13-17)24(34)25(27,28)29/h1-4,8,12-15H,5-7,9-11,16H2. The van der Waals surface area contributed by atoms with Crippen LogP contribution < -0.4 is 10.3 Å². The number of halogens is 4. The van der Waals surface area contributed by atoms with E-state index in [1.165, 1.54) is 18.2 Å². The highest BCUT2D eigenvalue weighted by Gasteiger charge is 2.42. The summed E-state index contributed by atoms with van der Waals surface area (Å²) in [7, 11) is 0. The summed E-state index contributed by atoms with van der Waals surface area (Å²) in [5.41, 5.74) is 3.09. The Morgan fingerprint density at radius 2 is 1.80 bits per heavy atom. The lowest BCUT2D eigenvalue weighted by Gasteiger charge is -2.21. The van der Waals surface area contributed by atoms with Crippen LogP contribution in [-0.4, -0.2) is 39.6 Å². The molecule has 0 spiro atoms. The Hall–Kier alpha value is -3.69. The SMILES string of the molecule is O=C(N1CCc2ccc(CCn3ccc(OCc4ccc(F)cn4)cc3=O)cc2CC1)C(F)(F)F. The number of aryl methyl sites for hydroxylation is 2. The number of carbonyl (C=O) groups is 1. The fourth-order valence-corrected chi connectivity index (χ4v) is 3.98. The van der Waals surface area contributed by atoms with E-state index in [1.807, 2.05) is 18.2 Å². The second-order valence-electron chi connectivity index (χ2n) is 8.29. The number of ether oxygens (including phenoxy) is 1. The Balaban J connectivity index is 1.35. The molecule has 0 aliphatic carbocycles. The fourth-order valence-electron chi connectivity index (χ4n) is 3.98. The second kappa shape index (κ2) is 10.3. The first-order chi connectivity index (χ1) is 16.7. The molecular weight excluding hydrogens is 466 g/mol. The van der Waals surface area contributed by atoms with E-state index >= 15 is 0 Å². The largest absolute Gasteiger partial charge is 0.487 e. The van der Waals surface area contributed by atoms with Crippen LogP contribution in [0.25, 0.3) is 0 Å². The van der Waals surface area contributed by atoms with E-state index in [-0.39, 0.29) is 25.3 Å². The van der Waals surface area contributed by atoms with E-state index in [2.05, 4.69) is 4.98 Å². The third-order valence-electron chi connectivity index (χ3n) is 5.89. The van der Waals surface area contributed by atoms with Gasteiger partial charge < -0.3 is 14.2 Å². The molecule has 0 bridgehead atoms. The maximum atomic E-state index is 12.9. The molecule has 0 atom stereocenters. The topological polar surface area (TPSA) is 64.4 Å². The van der Waals surface area contributed by atoms with Gasteiger partial charge in [-0.15, -0.1) is 0 Å². The van der Waals surface area contributed by atoms with Crippen molar-refractivity contribution in [1.29, 1.82) is 0 Å². The van der Waals surface area contributed by atoms with E-state index in [0.29, 0.717) is 37.3 Å². The van der Waals surface area contributed by atoms with Crippen LogP contribution >= 0.6 is 0 Å². The van der Waals surface area contributed by atoms with Gasteiger partial charge in [0.05, 0.1) is 11.9 Å². The van der Waals surface area contributed by atoms with Gasteiger partial charge in [-0.1, -0.05) is 18.2 Å². The van der Waals surface area contributed by atoms with E-state index in [1.54, 1.807) is 16.8 Å². The quantitative estimate of drug-likeness (QED) is 0.496. The predicted molar refractivity (Wildman–Crippen MR) is 119 cm³/mol. The molecule has 0 fully saturated rings. The molecule has 0 N–H and O–H groups in total. The molecule has 3 aromatic rings. The molecule has 4 rings (SSSR count). The Morgan fingerprint density at radius 1 is 1.03 bits per heavy atom. The number of pyridine rings is 2. The number of hydrogen-bond donors (Lipinski definition) is 0. The van der Waals surface area contributed by atoms with Crippen molar-refractivity contribution >= 4 is 5.91 Å². The first kappa shape index (κ1) is 24.4. The van der Waals surface area contributed by atoms with Gasteiger partial charge in [-0.05, 0) is 54.2 Å². The van der Waals surface area contributed by atoms with Gasteiger partial charge in [0.15, 0.2) is 0 Å². The first-order valence-corrected chi connectivity index (χ1v) is 11.1. The van der Waals surface area contributed by atoms with Crippen molar-refractivity contribution in [2.24, 2.45) is 0 Å². The van der Waals surface area contributed by atoms with Crippen molar-refractivity contribution in [2.75, 3.05) is 13.1 Å². The Kier molecular flexibility index (Phi) is 7.18. The first-order valence-electron chi connectivity index (χ1n) is 11.1. The number of alkyl halides is 3. The minimum atomic E-state index is -4.87. The maximum absolute atomic E-state index is 12.9. The molecule has 1 aliphatic rings. The molecule has 6 nitrogen and oxygen atoms in total.